The zero-order valence-electron chi connectivity index (χ0n) is 12.1. The van der Waals surface area contributed by atoms with E-state index >= 15 is 0 Å². The number of ether oxygens (including phenoxy) is 1. The Labute approximate surface area is 148 Å². The maximum atomic E-state index is 6.23. The highest BCUT2D eigenvalue weighted by atomic mass is 35.5. The smallest absolute Gasteiger partial charge is 0.127 e. The first kappa shape index (κ1) is 16.0. The summed E-state index contributed by atoms with van der Waals surface area (Å²) in [6.45, 7) is 0. The fourth-order valence-corrected chi connectivity index (χ4v) is 3.19. The van der Waals surface area contributed by atoms with Gasteiger partial charge in [0.1, 0.15) is 17.3 Å². The second-order valence-electron chi connectivity index (χ2n) is 4.81. The summed E-state index contributed by atoms with van der Waals surface area (Å²) in [5, 5.41) is 5.69. The van der Waals surface area contributed by atoms with Crippen LogP contribution < -0.4 is 10.5 Å². The van der Waals surface area contributed by atoms with Crippen LogP contribution in [0.1, 0.15) is 0 Å². The fraction of sp³-hybridized carbons (Fsp3) is 0.0625. The molecule has 4 nitrogen and oxygen atoms in total. The van der Waals surface area contributed by atoms with Crippen molar-refractivity contribution < 1.29 is 4.74 Å². The molecule has 2 aromatic carbocycles. The molecule has 0 aliphatic heterocycles. The molecule has 2 N–H and O–H groups in total. The van der Waals surface area contributed by atoms with Crippen molar-refractivity contribution in [1.29, 1.82) is 0 Å². The van der Waals surface area contributed by atoms with Crippen LogP contribution in [0.4, 0.5) is 5.82 Å². The molecule has 0 saturated carbocycles. The van der Waals surface area contributed by atoms with Gasteiger partial charge in [0.25, 0.3) is 0 Å². The molecule has 0 aliphatic rings. The lowest BCUT2D eigenvalue weighted by Crippen LogP contribution is -2.03. The van der Waals surface area contributed by atoms with E-state index in [0.717, 1.165) is 11.3 Å². The second-order valence-corrected chi connectivity index (χ2v) is 6.06. The van der Waals surface area contributed by atoms with Crippen molar-refractivity contribution in [2.75, 3.05) is 12.8 Å². The molecule has 0 bridgehead atoms. The van der Waals surface area contributed by atoms with E-state index in [2.05, 4.69) is 5.10 Å². The summed E-state index contributed by atoms with van der Waals surface area (Å²) in [7, 11) is 1.62. The summed E-state index contributed by atoms with van der Waals surface area (Å²) in [6.07, 6.45) is 0. The molecular weight excluding hydrogens is 357 g/mol. The van der Waals surface area contributed by atoms with Crippen LogP contribution >= 0.6 is 34.8 Å². The van der Waals surface area contributed by atoms with Crippen molar-refractivity contribution in [3.8, 4) is 22.7 Å². The third-order valence-corrected chi connectivity index (χ3v) is 4.11. The van der Waals surface area contributed by atoms with Gasteiger partial charge in [-0.05, 0) is 36.4 Å². The van der Waals surface area contributed by atoms with Gasteiger partial charge in [-0.3, -0.25) is 0 Å². The number of halogens is 3. The summed E-state index contributed by atoms with van der Waals surface area (Å²) >= 11 is 18.4. The van der Waals surface area contributed by atoms with Gasteiger partial charge in [-0.15, -0.1) is 0 Å². The Morgan fingerprint density at radius 3 is 2.17 bits per heavy atom. The fourth-order valence-electron chi connectivity index (χ4n) is 2.21. The van der Waals surface area contributed by atoms with Crippen LogP contribution in [-0.2, 0) is 0 Å². The van der Waals surface area contributed by atoms with Gasteiger partial charge in [-0.2, -0.15) is 5.10 Å². The summed E-state index contributed by atoms with van der Waals surface area (Å²) in [4.78, 5) is 0. The summed E-state index contributed by atoms with van der Waals surface area (Å²) < 4.78 is 6.65. The maximum absolute atomic E-state index is 6.23. The van der Waals surface area contributed by atoms with Crippen LogP contribution in [0, 0.1) is 0 Å². The van der Waals surface area contributed by atoms with Gasteiger partial charge in [0.2, 0.25) is 0 Å². The highest BCUT2D eigenvalue weighted by molar-refractivity contribution is 6.40. The van der Waals surface area contributed by atoms with Crippen molar-refractivity contribution in [2.45, 2.75) is 0 Å². The molecule has 0 amide bonds. The highest BCUT2D eigenvalue weighted by Gasteiger charge is 2.15. The number of nitrogens with two attached hydrogens (primary N) is 1. The average Bonchev–Trinajstić information content (AvgIpc) is 2.88. The lowest BCUT2D eigenvalue weighted by molar-refractivity contribution is 0.415. The standard InChI is InChI=1S/C16H12Cl3N3O/c1-23-11-4-2-9(3-5-11)14-8-15(20)22(21-14)16-12(18)6-10(17)7-13(16)19/h2-8H,20H2,1H3. The van der Waals surface area contributed by atoms with Crippen LogP contribution in [-0.4, -0.2) is 16.9 Å². The Kier molecular flexibility index (Phi) is 4.39. The Hall–Kier alpha value is -1.88. The molecule has 0 aliphatic carbocycles. The molecule has 1 aromatic heterocycles. The van der Waals surface area contributed by atoms with Crippen LogP contribution in [0.3, 0.4) is 0 Å². The molecule has 7 heteroatoms. The van der Waals surface area contributed by atoms with Gasteiger partial charge in [-0.25, -0.2) is 4.68 Å². The van der Waals surface area contributed by atoms with Gasteiger partial charge >= 0.3 is 0 Å². The third-order valence-electron chi connectivity index (χ3n) is 3.32. The van der Waals surface area contributed by atoms with Gasteiger partial charge in [0, 0.05) is 16.7 Å². The monoisotopic (exact) mass is 367 g/mol. The molecule has 0 radical (unpaired) electrons. The number of nitrogen functional groups attached to an aromatic ring is 1. The minimum atomic E-state index is 0.374. The summed E-state index contributed by atoms with van der Waals surface area (Å²) in [5.74, 6) is 1.19. The van der Waals surface area contributed by atoms with Gasteiger partial charge < -0.3 is 10.5 Å². The predicted octanol–water partition coefficient (Wildman–Crippen LogP) is 5.09. The van der Waals surface area contributed by atoms with Crippen LogP contribution in [0.15, 0.2) is 42.5 Å². The molecule has 3 aromatic rings. The van der Waals surface area contributed by atoms with Gasteiger partial charge in [0.05, 0.1) is 22.8 Å². The zero-order chi connectivity index (χ0) is 16.6. The molecular formula is C16H12Cl3N3O. The molecule has 0 atom stereocenters. The van der Waals surface area contributed by atoms with Crippen molar-refractivity contribution in [2.24, 2.45) is 0 Å². The van der Waals surface area contributed by atoms with Crippen molar-refractivity contribution in [3.63, 3.8) is 0 Å². The summed E-state index contributed by atoms with van der Waals surface area (Å²) in [5.41, 5.74) is 8.17. The van der Waals surface area contributed by atoms with Gasteiger partial charge in [0.15, 0.2) is 0 Å². The molecule has 3 rings (SSSR count). The van der Waals surface area contributed by atoms with E-state index in [0.29, 0.717) is 32.3 Å². The lowest BCUT2D eigenvalue weighted by Gasteiger charge is -2.09. The number of nitrogens with zero attached hydrogens (tertiary/aromatic N) is 2. The van der Waals surface area contributed by atoms with E-state index in [1.807, 2.05) is 24.3 Å². The number of hydrogen-bond acceptors (Lipinski definition) is 3. The van der Waals surface area contributed by atoms with Crippen molar-refractivity contribution in [1.82, 2.24) is 9.78 Å². The third kappa shape index (κ3) is 3.11. The number of aromatic nitrogens is 2. The Morgan fingerprint density at radius 2 is 1.61 bits per heavy atom. The Morgan fingerprint density at radius 1 is 1.00 bits per heavy atom. The van der Waals surface area contributed by atoms with E-state index in [1.54, 1.807) is 25.3 Å². The molecule has 23 heavy (non-hydrogen) atoms. The number of rotatable bonds is 3. The molecule has 1 heterocycles. The van der Waals surface area contributed by atoms with Crippen LogP contribution in [0.2, 0.25) is 15.1 Å². The normalized spacial score (nSPS) is 10.8. The van der Waals surface area contributed by atoms with E-state index in [1.165, 1.54) is 4.68 Å². The minimum Gasteiger partial charge on any atom is -0.497 e. The SMILES string of the molecule is COc1ccc(-c2cc(N)n(-c3c(Cl)cc(Cl)cc3Cl)n2)cc1. The largest absolute Gasteiger partial charge is 0.497 e. The molecule has 0 fully saturated rings. The van der Waals surface area contributed by atoms with E-state index < -0.39 is 0 Å². The van der Waals surface area contributed by atoms with Crippen molar-refractivity contribution in [3.05, 3.63) is 57.5 Å². The van der Waals surface area contributed by atoms with E-state index in [-0.39, 0.29) is 0 Å². The van der Waals surface area contributed by atoms with Crippen LogP contribution in [0.25, 0.3) is 16.9 Å². The van der Waals surface area contributed by atoms with Crippen LogP contribution in [0.5, 0.6) is 5.75 Å². The summed E-state index contributed by atoms with van der Waals surface area (Å²) in [6, 6.07) is 12.5. The predicted molar refractivity (Wildman–Crippen MR) is 95.0 cm³/mol. The van der Waals surface area contributed by atoms with Gasteiger partial charge in [-0.1, -0.05) is 34.8 Å². The average molecular weight is 369 g/mol. The second kappa shape index (κ2) is 6.32. The van der Waals surface area contributed by atoms with E-state index in [4.69, 9.17) is 45.3 Å². The quantitative estimate of drug-likeness (QED) is 0.700. The Balaban J connectivity index is 2.08. The molecule has 0 saturated heterocycles. The minimum absolute atomic E-state index is 0.374. The molecule has 0 unspecified atom stereocenters. The first-order valence-corrected chi connectivity index (χ1v) is 7.78. The maximum Gasteiger partial charge on any atom is 0.127 e. The lowest BCUT2D eigenvalue weighted by atomic mass is 10.1. The first-order valence-electron chi connectivity index (χ1n) is 6.64. The van der Waals surface area contributed by atoms with E-state index in [9.17, 15) is 0 Å². The number of anilines is 1. The molecule has 0 spiro atoms. The highest BCUT2D eigenvalue weighted by Crippen LogP contribution is 2.34. The first-order chi connectivity index (χ1) is 11.0. The number of hydrogen-bond donors (Lipinski definition) is 1. The topological polar surface area (TPSA) is 53.1 Å². The number of methoxy groups -OCH3 is 1. The molecule has 118 valence electrons. The Bertz CT molecular complexity index is 837. The van der Waals surface area contributed by atoms with Crippen molar-refractivity contribution >= 4 is 40.6 Å². The zero-order valence-corrected chi connectivity index (χ0v) is 14.3. The number of benzene rings is 2.